The summed E-state index contributed by atoms with van der Waals surface area (Å²) in [5, 5.41) is 40.6. The van der Waals surface area contributed by atoms with E-state index in [2.05, 4.69) is 11.4 Å². The third-order valence-corrected chi connectivity index (χ3v) is 8.18. The molecule has 1 rings (SSSR count). The molecule has 0 aromatic heterocycles. The first-order valence-corrected chi connectivity index (χ1v) is 17.6. The largest absolute Gasteiger partial charge is 0.472 e. The molecule has 1 saturated carbocycles. The molecule has 0 amide bonds. The number of ether oxygens (including phenoxy) is 2. The maximum atomic E-state index is 12.7. The maximum absolute atomic E-state index is 12.7. The normalized spacial score (nSPS) is 26.4. The summed E-state index contributed by atoms with van der Waals surface area (Å²) < 4.78 is 48.3. The Morgan fingerprint density at radius 2 is 1.14 bits per heavy atom. The molecule has 254 valence electrons. The molecule has 1 aliphatic carbocycles. The first-order chi connectivity index (χ1) is 20.1. The number of rotatable bonds is 22. The van der Waals surface area contributed by atoms with Gasteiger partial charge in [-0.3, -0.25) is 23.2 Å². The van der Waals surface area contributed by atoms with E-state index in [1.807, 2.05) is 6.92 Å². The lowest BCUT2D eigenvalue weighted by atomic mass is 9.85. The molecule has 8 atom stereocenters. The molecule has 1 fully saturated rings. The van der Waals surface area contributed by atoms with Crippen LogP contribution < -0.4 is 0 Å². The van der Waals surface area contributed by atoms with Gasteiger partial charge in [0.05, 0.1) is 6.61 Å². The van der Waals surface area contributed by atoms with Crippen LogP contribution in [0.3, 0.4) is 0 Å². The standard InChI is InChI=1S/C25H48O16P2/c1-3-5-7-9-11-13-18(26)37-15-17(39-19(27)14-12-10-8-6-4-2)16-38-43(35,36)41-25-22(30)20(28)21(29)24(23(25)31)40-42(32,33)34/h17,20-25,28-31H,3-16H2,1-2H3,(H,35,36)(H2,32,33,34)/t17-,20+,21+,22-,23-,24-,25+/m1/s1. The Bertz CT molecular complexity index is 914. The molecule has 1 unspecified atom stereocenters. The highest BCUT2D eigenvalue weighted by molar-refractivity contribution is 7.47. The lowest BCUT2D eigenvalue weighted by Gasteiger charge is -2.43. The zero-order valence-corrected chi connectivity index (χ0v) is 26.4. The molecular weight excluding hydrogens is 618 g/mol. The third-order valence-electron chi connectivity index (χ3n) is 6.68. The van der Waals surface area contributed by atoms with Crippen LogP contribution in [0.1, 0.15) is 90.9 Å². The first kappa shape index (κ1) is 40.0. The topological polar surface area (TPSA) is 256 Å². The molecule has 43 heavy (non-hydrogen) atoms. The highest BCUT2D eigenvalue weighted by Crippen LogP contribution is 2.48. The minimum Gasteiger partial charge on any atom is -0.462 e. The van der Waals surface area contributed by atoms with Crippen LogP contribution in [0.25, 0.3) is 0 Å². The molecule has 0 aromatic carbocycles. The lowest BCUT2D eigenvalue weighted by Crippen LogP contribution is -2.64. The van der Waals surface area contributed by atoms with Crippen LogP contribution in [0.15, 0.2) is 0 Å². The van der Waals surface area contributed by atoms with Gasteiger partial charge in [0, 0.05) is 12.8 Å². The van der Waals surface area contributed by atoms with Crippen molar-refractivity contribution in [3.05, 3.63) is 0 Å². The summed E-state index contributed by atoms with van der Waals surface area (Å²) in [5.74, 6) is -1.24. The summed E-state index contributed by atoms with van der Waals surface area (Å²) in [6, 6.07) is 0. The molecule has 0 heterocycles. The van der Waals surface area contributed by atoms with E-state index in [9.17, 15) is 44.0 Å². The highest BCUT2D eigenvalue weighted by Gasteiger charge is 2.54. The minimum atomic E-state index is -5.34. The predicted octanol–water partition coefficient (Wildman–Crippen LogP) is 1.60. The maximum Gasteiger partial charge on any atom is 0.472 e. The van der Waals surface area contributed by atoms with Gasteiger partial charge in [-0.15, -0.1) is 0 Å². The van der Waals surface area contributed by atoms with Gasteiger partial charge in [0.25, 0.3) is 0 Å². The molecule has 1 aliphatic rings. The zero-order chi connectivity index (χ0) is 32.6. The predicted molar refractivity (Wildman–Crippen MR) is 149 cm³/mol. The van der Waals surface area contributed by atoms with Gasteiger partial charge in [0.1, 0.15) is 43.2 Å². The quantitative estimate of drug-likeness (QED) is 0.0492. The van der Waals surface area contributed by atoms with Gasteiger partial charge in [-0.05, 0) is 12.8 Å². The van der Waals surface area contributed by atoms with Crippen LogP contribution in [-0.4, -0.2) is 103 Å². The van der Waals surface area contributed by atoms with Crippen molar-refractivity contribution in [2.24, 2.45) is 0 Å². The average molecular weight is 667 g/mol. The van der Waals surface area contributed by atoms with E-state index in [0.29, 0.717) is 12.8 Å². The lowest BCUT2D eigenvalue weighted by molar-refractivity contribution is -0.216. The van der Waals surface area contributed by atoms with E-state index in [4.69, 9.17) is 28.3 Å². The zero-order valence-electron chi connectivity index (χ0n) is 24.6. The number of hydrogen-bond donors (Lipinski definition) is 7. The van der Waals surface area contributed by atoms with Crippen molar-refractivity contribution in [1.29, 1.82) is 0 Å². The first-order valence-electron chi connectivity index (χ1n) is 14.6. The summed E-state index contributed by atoms with van der Waals surface area (Å²) in [7, 11) is -10.6. The van der Waals surface area contributed by atoms with Crippen LogP contribution >= 0.6 is 15.6 Å². The van der Waals surface area contributed by atoms with E-state index >= 15 is 0 Å². The van der Waals surface area contributed by atoms with Crippen molar-refractivity contribution < 1.29 is 76.9 Å². The summed E-state index contributed by atoms with van der Waals surface area (Å²) in [6.07, 6.45) is -5.81. The van der Waals surface area contributed by atoms with Gasteiger partial charge in [-0.1, -0.05) is 65.2 Å². The molecule has 0 aromatic rings. The second-order valence-electron chi connectivity index (χ2n) is 10.5. The van der Waals surface area contributed by atoms with Crippen LogP contribution in [0.5, 0.6) is 0 Å². The van der Waals surface area contributed by atoms with Crippen molar-refractivity contribution in [3.8, 4) is 0 Å². The van der Waals surface area contributed by atoms with E-state index in [-0.39, 0.29) is 12.8 Å². The molecule has 18 heteroatoms. The molecule has 7 N–H and O–H groups in total. The molecular formula is C25H48O16P2. The number of hydrogen-bond acceptors (Lipinski definition) is 13. The molecule has 16 nitrogen and oxygen atoms in total. The Kier molecular flexibility index (Phi) is 18.8. The van der Waals surface area contributed by atoms with Gasteiger partial charge < -0.3 is 44.6 Å². The fourth-order valence-corrected chi connectivity index (χ4v) is 5.86. The van der Waals surface area contributed by atoms with Crippen molar-refractivity contribution in [3.63, 3.8) is 0 Å². The number of carbonyl (C=O) groups is 2. The molecule has 0 aliphatic heterocycles. The Hall–Kier alpha value is -1.00. The Balaban J connectivity index is 2.84. The summed E-state index contributed by atoms with van der Waals surface area (Å²) in [4.78, 5) is 52.8. The molecule has 0 radical (unpaired) electrons. The van der Waals surface area contributed by atoms with Crippen LogP contribution in [0, 0.1) is 0 Å². The van der Waals surface area contributed by atoms with E-state index < -0.39 is 83.5 Å². The number of aliphatic hydroxyl groups is 4. The van der Waals surface area contributed by atoms with E-state index in [1.165, 1.54) is 0 Å². The number of aliphatic hydroxyl groups excluding tert-OH is 4. The summed E-state index contributed by atoms with van der Waals surface area (Å²) >= 11 is 0. The highest BCUT2D eigenvalue weighted by atomic mass is 31.2. The minimum absolute atomic E-state index is 0.0422. The number of phosphoric acid groups is 2. The molecule has 0 spiro atoms. The van der Waals surface area contributed by atoms with Gasteiger partial charge in [0.15, 0.2) is 6.10 Å². The SMILES string of the molecule is CCCCCCCC(=O)OC[C@H](COP(=O)(O)O[C@@H]1[C@H](O)[C@H](OP(=O)(O)O)[C@@H](O)[C@H](O)[C@H]1O)OC(=O)CCCCCCC. The third kappa shape index (κ3) is 16.2. The van der Waals surface area contributed by atoms with Crippen LogP contribution in [-0.2, 0) is 41.8 Å². The molecule has 0 bridgehead atoms. The Morgan fingerprint density at radius 1 is 0.651 bits per heavy atom. The fourth-order valence-electron chi connectivity index (χ4n) is 4.32. The number of esters is 2. The van der Waals surface area contributed by atoms with Crippen LogP contribution in [0.4, 0.5) is 0 Å². The van der Waals surface area contributed by atoms with Gasteiger partial charge >= 0.3 is 27.6 Å². The molecule has 0 saturated heterocycles. The van der Waals surface area contributed by atoms with Gasteiger partial charge in [-0.2, -0.15) is 0 Å². The smallest absolute Gasteiger partial charge is 0.462 e. The number of unbranched alkanes of at least 4 members (excludes halogenated alkanes) is 8. The van der Waals surface area contributed by atoms with Crippen LogP contribution in [0.2, 0.25) is 0 Å². The average Bonchev–Trinajstić information content (AvgIpc) is 2.93. The number of phosphoric ester groups is 2. The van der Waals surface area contributed by atoms with Crippen molar-refractivity contribution in [2.75, 3.05) is 13.2 Å². The van der Waals surface area contributed by atoms with E-state index in [1.54, 1.807) is 0 Å². The monoisotopic (exact) mass is 666 g/mol. The Labute approximate surface area is 251 Å². The van der Waals surface area contributed by atoms with Crippen molar-refractivity contribution in [1.82, 2.24) is 0 Å². The number of carbonyl (C=O) groups excluding carboxylic acids is 2. The summed E-state index contributed by atoms with van der Waals surface area (Å²) in [5.41, 5.74) is 0. The van der Waals surface area contributed by atoms with Gasteiger partial charge in [0.2, 0.25) is 0 Å². The van der Waals surface area contributed by atoms with Crippen molar-refractivity contribution in [2.45, 2.75) is 134 Å². The second-order valence-corrected chi connectivity index (χ2v) is 13.1. The fraction of sp³-hybridized carbons (Fsp3) is 0.920. The Morgan fingerprint density at radius 3 is 1.65 bits per heavy atom. The van der Waals surface area contributed by atoms with Crippen molar-refractivity contribution >= 4 is 27.6 Å². The van der Waals surface area contributed by atoms with Gasteiger partial charge in [-0.25, -0.2) is 9.13 Å². The van der Waals surface area contributed by atoms with E-state index in [0.717, 1.165) is 51.4 Å². The summed E-state index contributed by atoms with van der Waals surface area (Å²) in [6.45, 7) is 2.77. The second kappa shape index (κ2) is 20.2.